The molecule has 0 saturated heterocycles. The van der Waals surface area contributed by atoms with E-state index in [1.807, 2.05) is 6.07 Å². The van der Waals surface area contributed by atoms with Gasteiger partial charge in [0.1, 0.15) is 29.8 Å². The molecule has 0 aliphatic carbocycles. The number of amides is 1. The monoisotopic (exact) mass is 460 g/mol. The van der Waals surface area contributed by atoms with Crippen molar-refractivity contribution in [2.75, 3.05) is 0 Å². The smallest absolute Gasteiger partial charge is 0.262 e. The second-order valence-electron chi connectivity index (χ2n) is 6.16. The fourth-order valence-corrected chi connectivity index (χ4v) is 3.07. The molecule has 0 unspecified atom stereocenters. The normalized spacial score (nSPS) is 11.1. The van der Waals surface area contributed by atoms with Gasteiger partial charge in [-0.05, 0) is 53.6 Å². The Kier molecular flexibility index (Phi) is 7.42. The summed E-state index contributed by atoms with van der Waals surface area (Å²) in [7, 11) is 0. The van der Waals surface area contributed by atoms with E-state index in [0.717, 1.165) is 5.56 Å². The average Bonchev–Trinajstić information content (AvgIpc) is 3.25. The molecule has 1 amide bonds. The number of carbonyl (C=O) groups excluding carboxylic acids is 1. The Hall–Kier alpha value is -2.91. The standard InChI is InChI=1S/C22H15Cl3N2O3/c23-18-5-3-15(10-19(18)24)13-30-21-6-4-14(9-20(21)25)8-16(11-26)22(28)27-12-17-2-1-7-29-17/h1-10H,12-13H2,(H,27,28)/b16-8+. The van der Waals surface area contributed by atoms with E-state index >= 15 is 0 Å². The van der Waals surface area contributed by atoms with Crippen LogP contribution in [0.2, 0.25) is 15.1 Å². The Morgan fingerprint density at radius 2 is 1.93 bits per heavy atom. The van der Waals surface area contributed by atoms with Crippen LogP contribution in [0, 0.1) is 11.3 Å². The molecule has 0 aliphatic rings. The maximum atomic E-state index is 12.2. The number of hydrogen-bond acceptors (Lipinski definition) is 4. The van der Waals surface area contributed by atoms with E-state index in [4.69, 9.17) is 44.0 Å². The molecule has 1 aromatic heterocycles. The molecular formula is C22H15Cl3N2O3. The summed E-state index contributed by atoms with van der Waals surface area (Å²) in [5, 5.41) is 13.2. The lowest BCUT2D eigenvalue weighted by Gasteiger charge is -2.09. The van der Waals surface area contributed by atoms with Crippen molar-refractivity contribution in [2.45, 2.75) is 13.2 Å². The Morgan fingerprint density at radius 3 is 2.60 bits per heavy atom. The topological polar surface area (TPSA) is 75.3 Å². The Labute approximate surface area is 188 Å². The van der Waals surface area contributed by atoms with Crippen molar-refractivity contribution in [1.29, 1.82) is 5.26 Å². The molecule has 0 bridgehead atoms. The Bertz CT molecular complexity index is 1120. The molecule has 0 spiro atoms. The molecule has 152 valence electrons. The summed E-state index contributed by atoms with van der Waals surface area (Å²) in [5.74, 6) is 0.540. The van der Waals surface area contributed by atoms with Crippen LogP contribution in [0.15, 0.2) is 64.8 Å². The minimum absolute atomic E-state index is 0.0536. The van der Waals surface area contributed by atoms with Crippen molar-refractivity contribution in [3.05, 3.63) is 92.3 Å². The van der Waals surface area contributed by atoms with Crippen molar-refractivity contribution in [2.24, 2.45) is 0 Å². The summed E-state index contributed by atoms with van der Waals surface area (Å²) < 4.78 is 10.9. The van der Waals surface area contributed by atoms with Crippen LogP contribution >= 0.6 is 34.8 Å². The molecular weight excluding hydrogens is 447 g/mol. The van der Waals surface area contributed by atoms with E-state index in [-0.39, 0.29) is 18.7 Å². The maximum absolute atomic E-state index is 12.2. The fourth-order valence-electron chi connectivity index (χ4n) is 2.51. The predicted molar refractivity (Wildman–Crippen MR) is 116 cm³/mol. The van der Waals surface area contributed by atoms with Crippen LogP contribution in [0.3, 0.4) is 0 Å². The van der Waals surface area contributed by atoms with E-state index in [1.165, 1.54) is 12.3 Å². The zero-order valence-corrected chi connectivity index (χ0v) is 17.8. The molecule has 30 heavy (non-hydrogen) atoms. The molecule has 1 heterocycles. The second kappa shape index (κ2) is 10.2. The molecule has 0 fully saturated rings. The third-order valence-corrected chi connectivity index (χ3v) is 5.05. The summed E-state index contributed by atoms with van der Waals surface area (Å²) >= 11 is 18.2. The van der Waals surface area contributed by atoms with Crippen LogP contribution in [0.5, 0.6) is 5.75 Å². The average molecular weight is 462 g/mol. The number of nitrogens with one attached hydrogen (secondary N) is 1. The van der Waals surface area contributed by atoms with E-state index in [0.29, 0.717) is 32.1 Å². The van der Waals surface area contributed by atoms with Gasteiger partial charge in [-0.15, -0.1) is 0 Å². The molecule has 2 aromatic carbocycles. The maximum Gasteiger partial charge on any atom is 0.262 e. The van der Waals surface area contributed by atoms with Crippen molar-refractivity contribution in [3.8, 4) is 11.8 Å². The van der Waals surface area contributed by atoms with Crippen molar-refractivity contribution in [1.82, 2.24) is 5.32 Å². The number of rotatable bonds is 7. The predicted octanol–water partition coefficient (Wildman–Crippen LogP) is 6.04. The van der Waals surface area contributed by atoms with Gasteiger partial charge in [0.2, 0.25) is 0 Å². The molecule has 0 saturated carbocycles. The number of halogens is 3. The van der Waals surface area contributed by atoms with Gasteiger partial charge in [0.25, 0.3) is 5.91 Å². The highest BCUT2D eigenvalue weighted by molar-refractivity contribution is 6.42. The SMILES string of the molecule is N#C/C(=C\c1ccc(OCc2ccc(Cl)c(Cl)c2)c(Cl)c1)C(=O)NCc1ccco1. The van der Waals surface area contributed by atoms with Gasteiger partial charge in [-0.2, -0.15) is 5.26 Å². The Morgan fingerprint density at radius 1 is 1.10 bits per heavy atom. The minimum Gasteiger partial charge on any atom is -0.487 e. The van der Waals surface area contributed by atoms with E-state index in [1.54, 1.807) is 48.5 Å². The van der Waals surface area contributed by atoms with E-state index < -0.39 is 5.91 Å². The summed E-state index contributed by atoms with van der Waals surface area (Å²) in [5.41, 5.74) is 1.37. The fraction of sp³-hybridized carbons (Fsp3) is 0.0909. The molecule has 3 rings (SSSR count). The van der Waals surface area contributed by atoms with Crippen LogP contribution in [-0.4, -0.2) is 5.91 Å². The molecule has 3 aromatic rings. The second-order valence-corrected chi connectivity index (χ2v) is 7.38. The molecule has 0 atom stereocenters. The number of carbonyl (C=O) groups is 1. The molecule has 5 nitrogen and oxygen atoms in total. The summed E-state index contributed by atoms with van der Waals surface area (Å²) in [6.45, 7) is 0.442. The lowest BCUT2D eigenvalue weighted by Crippen LogP contribution is -2.23. The van der Waals surface area contributed by atoms with Gasteiger partial charge in [-0.3, -0.25) is 4.79 Å². The third-order valence-electron chi connectivity index (χ3n) is 4.01. The molecule has 0 radical (unpaired) electrons. The first kappa shape index (κ1) is 21.8. The zero-order chi connectivity index (χ0) is 21.5. The first-order chi connectivity index (χ1) is 14.5. The largest absolute Gasteiger partial charge is 0.487 e. The third kappa shape index (κ3) is 5.80. The number of hydrogen-bond donors (Lipinski definition) is 1. The lowest BCUT2D eigenvalue weighted by molar-refractivity contribution is -0.117. The van der Waals surface area contributed by atoms with Gasteiger partial charge in [-0.25, -0.2) is 0 Å². The minimum atomic E-state index is -0.509. The highest BCUT2D eigenvalue weighted by Crippen LogP contribution is 2.28. The highest BCUT2D eigenvalue weighted by Gasteiger charge is 2.11. The zero-order valence-electron chi connectivity index (χ0n) is 15.5. The van der Waals surface area contributed by atoms with Crippen LogP contribution < -0.4 is 10.1 Å². The van der Waals surface area contributed by atoms with Gasteiger partial charge in [0.05, 0.1) is 27.9 Å². The van der Waals surface area contributed by atoms with Gasteiger partial charge < -0.3 is 14.5 Å². The quantitative estimate of drug-likeness (QED) is 0.344. The molecule has 1 N–H and O–H groups in total. The number of benzene rings is 2. The van der Waals surface area contributed by atoms with Crippen LogP contribution in [0.1, 0.15) is 16.9 Å². The summed E-state index contributed by atoms with van der Waals surface area (Å²) in [6, 6.07) is 15.5. The van der Waals surface area contributed by atoms with Gasteiger partial charge >= 0.3 is 0 Å². The molecule has 8 heteroatoms. The van der Waals surface area contributed by atoms with E-state index in [9.17, 15) is 10.1 Å². The number of nitriles is 1. The summed E-state index contributed by atoms with van der Waals surface area (Å²) in [4.78, 5) is 12.2. The first-order valence-corrected chi connectivity index (χ1v) is 9.88. The van der Waals surface area contributed by atoms with Crippen molar-refractivity contribution < 1.29 is 13.9 Å². The van der Waals surface area contributed by atoms with Crippen LogP contribution in [0.4, 0.5) is 0 Å². The van der Waals surface area contributed by atoms with Gasteiger partial charge in [-0.1, -0.05) is 46.9 Å². The van der Waals surface area contributed by atoms with Gasteiger partial charge in [0, 0.05) is 0 Å². The first-order valence-electron chi connectivity index (χ1n) is 8.75. The van der Waals surface area contributed by atoms with Crippen molar-refractivity contribution in [3.63, 3.8) is 0 Å². The van der Waals surface area contributed by atoms with Crippen LogP contribution in [-0.2, 0) is 17.9 Å². The molecule has 0 aliphatic heterocycles. The van der Waals surface area contributed by atoms with Crippen molar-refractivity contribution >= 4 is 46.8 Å². The highest BCUT2D eigenvalue weighted by atomic mass is 35.5. The number of furan rings is 1. The van der Waals surface area contributed by atoms with Gasteiger partial charge in [0.15, 0.2) is 0 Å². The number of ether oxygens (including phenoxy) is 1. The van der Waals surface area contributed by atoms with Crippen LogP contribution in [0.25, 0.3) is 6.08 Å². The number of nitrogens with zero attached hydrogens (tertiary/aromatic N) is 1. The Balaban J connectivity index is 1.66. The lowest BCUT2D eigenvalue weighted by atomic mass is 10.1. The van der Waals surface area contributed by atoms with E-state index in [2.05, 4.69) is 5.32 Å². The summed E-state index contributed by atoms with van der Waals surface area (Å²) in [6.07, 6.45) is 2.96.